The number of hydrogen-bond acceptors (Lipinski definition) is 6. The van der Waals surface area contributed by atoms with Gasteiger partial charge in [-0.15, -0.1) is 0 Å². The molecule has 0 spiro atoms. The van der Waals surface area contributed by atoms with Gasteiger partial charge < -0.3 is 19.5 Å². The minimum atomic E-state index is -0.535. The molecule has 2 aliphatic heterocycles. The highest BCUT2D eigenvalue weighted by Crippen LogP contribution is 2.47. The van der Waals surface area contributed by atoms with E-state index in [1.807, 2.05) is 49.4 Å². The Balaban J connectivity index is 1.59. The molecule has 32 heavy (non-hydrogen) atoms. The standard InChI is InChI=1S/C25H22ClNO5/c1-13-22(25(29)30-2)23(15-5-8-20-21(11-15)32-12-31-20)24-18(27-13)9-16(10-19(24)28)14-3-6-17(26)7-4-14/h3-8,11,16,23,27H,9-10,12H2,1-2H3/t16-,23-/m1/s1. The topological polar surface area (TPSA) is 73.9 Å². The normalized spacial score (nSPS) is 21.9. The summed E-state index contributed by atoms with van der Waals surface area (Å²) in [7, 11) is 1.35. The van der Waals surface area contributed by atoms with E-state index in [1.54, 1.807) is 0 Å². The van der Waals surface area contributed by atoms with Gasteiger partial charge in [-0.3, -0.25) is 4.79 Å². The highest BCUT2D eigenvalue weighted by molar-refractivity contribution is 6.30. The van der Waals surface area contributed by atoms with E-state index in [2.05, 4.69) is 5.32 Å². The number of carbonyl (C=O) groups is 2. The fourth-order valence-electron chi connectivity index (χ4n) is 4.82. The van der Waals surface area contributed by atoms with Gasteiger partial charge in [0.1, 0.15) is 0 Å². The second-order valence-electron chi connectivity index (χ2n) is 8.17. The van der Waals surface area contributed by atoms with Crippen molar-refractivity contribution in [2.45, 2.75) is 31.6 Å². The van der Waals surface area contributed by atoms with Crippen molar-refractivity contribution >= 4 is 23.4 Å². The summed E-state index contributed by atoms with van der Waals surface area (Å²) < 4.78 is 16.1. The molecule has 2 aromatic rings. The van der Waals surface area contributed by atoms with Crippen molar-refractivity contribution in [3.63, 3.8) is 0 Å². The number of Topliss-reactive ketones (excluding diaryl/α,β-unsaturated/α-hetero) is 1. The van der Waals surface area contributed by atoms with Gasteiger partial charge >= 0.3 is 5.97 Å². The van der Waals surface area contributed by atoms with Crippen LogP contribution < -0.4 is 14.8 Å². The van der Waals surface area contributed by atoms with Gasteiger partial charge in [-0.2, -0.15) is 0 Å². The Labute approximate surface area is 190 Å². The third kappa shape index (κ3) is 3.45. The first-order chi connectivity index (χ1) is 15.5. The quantitative estimate of drug-likeness (QED) is 0.687. The number of fused-ring (bicyclic) bond motifs is 1. The van der Waals surface area contributed by atoms with Gasteiger partial charge in [-0.05, 0) is 54.7 Å². The van der Waals surface area contributed by atoms with Gasteiger partial charge in [-0.1, -0.05) is 29.8 Å². The zero-order chi connectivity index (χ0) is 22.4. The lowest BCUT2D eigenvalue weighted by Gasteiger charge is -2.36. The van der Waals surface area contributed by atoms with E-state index in [0.717, 1.165) is 16.8 Å². The van der Waals surface area contributed by atoms with Crippen LogP contribution in [0.4, 0.5) is 0 Å². The summed E-state index contributed by atoms with van der Waals surface area (Å²) >= 11 is 6.04. The lowest BCUT2D eigenvalue weighted by molar-refractivity contribution is -0.136. The summed E-state index contributed by atoms with van der Waals surface area (Å²) in [5.74, 6) is 0.303. The zero-order valence-electron chi connectivity index (χ0n) is 17.7. The summed E-state index contributed by atoms with van der Waals surface area (Å²) in [5, 5.41) is 4.00. The Morgan fingerprint density at radius 2 is 1.78 bits per heavy atom. The number of esters is 1. The molecule has 1 aliphatic carbocycles. The van der Waals surface area contributed by atoms with Crippen LogP contribution in [-0.4, -0.2) is 25.7 Å². The van der Waals surface area contributed by atoms with E-state index in [0.29, 0.717) is 46.2 Å². The fraction of sp³-hybridized carbons (Fsp3) is 0.280. The molecule has 0 fully saturated rings. The fourth-order valence-corrected chi connectivity index (χ4v) is 4.94. The molecule has 0 saturated heterocycles. The van der Waals surface area contributed by atoms with Crippen molar-refractivity contribution in [1.29, 1.82) is 0 Å². The van der Waals surface area contributed by atoms with Gasteiger partial charge in [0, 0.05) is 34.3 Å². The third-order valence-corrected chi connectivity index (χ3v) is 6.56. The summed E-state index contributed by atoms with van der Waals surface area (Å²) in [6, 6.07) is 13.2. The second kappa shape index (κ2) is 8.02. The van der Waals surface area contributed by atoms with E-state index >= 15 is 0 Å². The van der Waals surface area contributed by atoms with Crippen molar-refractivity contribution in [3.05, 3.63) is 81.2 Å². The lowest BCUT2D eigenvalue weighted by atomic mass is 9.71. The molecule has 0 aromatic heterocycles. The van der Waals surface area contributed by atoms with Crippen molar-refractivity contribution in [1.82, 2.24) is 5.32 Å². The summed E-state index contributed by atoms with van der Waals surface area (Å²) in [6.07, 6.45) is 1.02. The summed E-state index contributed by atoms with van der Waals surface area (Å²) in [5.41, 5.74) is 4.43. The average Bonchev–Trinajstić information content (AvgIpc) is 3.26. The van der Waals surface area contributed by atoms with Crippen molar-refractivity contribution < 1.29 is 23.8 Å². The number of methoxy groups -OCH3 is 1. The highest BCUT2D eigenvalue weighted by Gasteiger charge is 2.41. The van der Waals surface area contributed by atoms with Crippen LogP contribution in [0.25, 0.3) is 0 Å². The molecule has 3 aliphatic rings. The molecule has 0 amide bonds. The molecule has 6 nitrogen and oxygen atoms in total. The number of hydrogen-bond donors (Lipinski definition) is 1. The second-order valence-corrected chi connectivity index (χ2v) is 8.61. The molecule has 2 atom stereocenters. The minimum Gasteiger partial charge on any atom is -0.466 e. The molecule has 2 aromatic carbocycles. The largest absolute Gasteiger partial charge is 0.466 e. The van der Waals surface area contributed by atoms with Crippen molar-refractivity contribution in [3.8, 4) is 11.5 Å². The van der Waals surface area contributed by atoms with E-state index in [-0.39, 0.29) is 18.5 Å². The maximum atomic E-state index is 13.5. The number of ketones is 1. The molecule has 0 saturated carbocycles. The van der Waals surface area contributed by atoms with Gasteiger partial charge in [-0.25, -0.2) is 4.79 Å². The van der Waals surface area contributed by atoms with Crippen LogP contribution in [-0.2, 0) is 14.3 Å². The Morgan fingerprint density at radius 3 is 2.53 bits per heavy atom. The van der Waals surface area contributed by atoms with Crippen LogP contribution in [0.3, 0.4) is 0 Å². The minimum absolute atomic E-state index is 0.00951. The molecule has 164 valence electrons. The number of rotatable bonds is 3. The first-order valence-electron chi connectivity index (χ1n) is 10.4. The first-order valence-corrected chi connectivity index (χ1v) is 10.8. The number of benzene rings is 2. The number of halogens is 1. The number of nitrogens with one attached hydrogen (secondary N) is 1. The van der Waals surface area contributed by atoms with Crippen molar-refractivity contribution in [2.24, 2.45) is 0 Å². The number of carbonyl (C=O) groups excluding carboxylic acids is 2. The molecule has 1 N–H and O–H groups in total. The molecule has 0 bridgehead atoms. The molecular formula is C25H22ClNO5. The predicted molar refractivity (Wildman–Crippen MR) is 119 cm³/mol. The predicted octanol–water partition coefficient (Wildman–Crippen LogP) is 4.60. The van der Waals surface area contributed by atoms with Crippen LogP contribution >= 0.6 is 11.6 Å². The van der Waals surface area contributed by atoms with E-state index in [1.165, 1.54) is 7.11 Å². The lowest BCUT2D eigenvalue weighted by Crippen LogP contribution is -2.36. The zero-order valence-corrected chi connectivity index (χ0v) is 18.5. The number of dihydropyridines is 1. The van der Waals surface area contributed by atoms with E-state index in [9.17, 15) is 9.59 Å². The third-order valence-electron chi connectivity index (χ3n) is 6.30. The molecular weight excluding hydrogens is 430 g/mol. The Hall–Kier alpha value is -3.25. The van der Waals surface area contributed by atoms with Crippen LogP contribution in [0.15, 0.2) is 65.0 Å². The molecule has 0 radical (unpaired) electrons. The van der Waals surface area contributed by atoms with Gasteiger partial charge in [0.05, 0.1) is 12.7 Å². The maximum absolute atomic E-state index is 13.5. The van der Waals surface area contributed by atoms with Crippen LogP contribution in [0.1, 0.15) is 42.7 Å². The van der Waals surface area contributed by atoms with Crippen LogP contribution in [0, 0.1) is 0 Å². The van der Waals surface area contributed by atoms with Crippen LogP contribution in [0.5, 0.6) is 11.5 Å². The van der Waals surface area contributed by atoms with Gasteiger partial charge in [0.25, 0.3) is 0 Å². The Kier molecular flexibility index (Phi) is 5.18. The molecule has 2 heterocycles. The molecule has 0 unspecified atom stereocenters. The average molecular weight is 452 g/mol. The molecule has 5 rings (SSSR count). The Morgan fingerprint density at radius 1 is 1.06 bits per heavy atom. The monoisotopic (exact) mass is 451 g/mol. The highest BCUT2D eigenvalue weighted by atomic mass is 35.5. The summed E-state index contributed by atoms with van der Waals surface area (Å²) in [4.78, 5) is 26.3. The van der Waals surface area contributed by atoms with E-state index < -0.39 is 11.9 Å². The summed E-state index contributed by atoms with van der Waals surface area (Å²) in [6.45, 7) is 1.99. The SMILES string of the molecule is COC(=O)C1=C(C)NC2=C(C(=O)C[C@H](c3ccc(Cl)cc3)C2)[C@@H]1c1ccc2c(c1)OCO2. The van der Waals surface area contributed by atoms with E-state index in [4.69, 9.17) is 25.8 Å². The smallest absolute Gasteiger partial charge is 0.336 e. The van der Waals surface area contributed by atoms with Gasteiger partial charge in [0.2, 0.25) is 6.79 Å². The maximum Gasteiger partial charge on any atom is 0.336 e. The first kappa shape index (κ1) is 20.6. The number of allylic oxidation sites excluding steroid dienone is 3. The van der Waals surface area contributed by atoms with Crippen molar-refractivity contribution in [2.75, 3.05) is 13.9 Å². The number of ether oxygens (including phenoxy) is 3. The van der Waals surface area contributed by atoms with Gasteiger partial charge in [0.15, 0.2) is 17.3 Å². The molecule has 7 heteroatoms. The Bertz CT molecular complexity index is 1180. The van der Waals surface area contributed by atoms with Crippen LogP contribution in [0.2, 0.25) is 5.02 Å².